The molecule has 0 fully saturated rings. The first-order valence-electron chi connectivity index (χ1n) is 6.07. The van der Waals surface area contributed by atoms with Gasteiger partial charge in [0.15, 0.2) is 0 Å². The number of aliphatic hydroxyl groups is 1. The molecule has 0 aliphatic rings. The Hall–Kier alpha value is -0.580. The normalized spacial score (nSPS) is 10.6. The van der Waals surface area contributed by atoms with Gasteiger partial charge in [0.05, 0.1) is 6.61 Å². The Labute approximate surface area is 112 Å². The van der Waals surface area contributed by atoms with Gasteiger partial charge in [-0.2, -0.15) is 0 Å². The third kappa shape index (κ3) is 4.30. The maximum Gasteiger partial charge on any atom is 0.0606 e. The molecule has 0 bridgehead atoms. The van der Waals surface area contributed by atoms with Crippen LogP contribution in [-0.2, 0) is 6.54 Å². The second-order valence-corrected chi connectivity index (χ2v) is 4.96. The average Bonchev–Trinajstić information content (AvgIpc) is 2.34. The number of hydrogen-bond donors (Lipinski definition) is 2. The second kappa shape index (κ2) is 7.69. The van der Waals surface area contributed by atoms with Gasteiger partial charge in [0.2, 0.25) is 0 Å². The Kier molecular flexibility index (Phi) is 6.55. The van der Waals surface area contributed by atoms with E-state index in [0.717, 1.165) is 35.1 Å². The summed E-state index contributed by atoms with van der Waals surface area (Å²) in [7, 11) is 0. The summed E-state index contributed by atoms with van der Waals surface area (Å²) in [6.07, 6.45) is 2.27. The molecule has 0 spiro atoms. The summed E-state index contributed by atoms with van der Waals surface area (Å²) in [5.41, 5.74) is 8.01. The third-order valence-corrected chi connectivity index (χ3v) is 3.25. The zero-order chi connectivity index (χ0) is 12.7. The zero-order valence-electron chi connectivity index (χ0n) is 10.3. The van der Waals surface area contributed by atoms with Gasteiger partial charge in [0.25, 0.3) is 0 Å². The minimum absolute atomic E-state index is 0.167. The summed E-state index contributed by atoms with van der Waals surface area (Å²) in [6, 6.07) is 6.12. The number of nitrogens with two attached hydrogens (primary N) is 1. The molecule has 0 saturated heterocycles. The van der Waals surface area contributed by atoms with Crippen LogP contribution in [0.4, 0.5) is 5.69 Å². The van der Waals surface area contributed by atoms with Crippen molar-refractivity contribution in [2.75, 3.05) is 24.6 Å². The van der Waals surface area contributed by atoms with Gasteiger partial charge in [0.1, 0.15) is 0 Å². The van der Waals surface area contributed by atoms with Crippen LogP contribution in [0.3, 0.4) is 0 Å². The lowest BCUT2D eigenvalue weighted by Gasteiger charge is -2.26. The Bertz CT molecular complexity index is 344. The number of rotatable bonds is 7. The molecular weight excluding hydrogens is 280 g/mol. The van der Waals surface area contributed by atoms with Crippen LogP contribution in [0.5, 0.6) is 0 Å². The predicted octanol–water partition coefficient (Wildman–Crippen LogP) is 2.51. The fraction of sp³-hybridized carbons (Fsp3) is 0.538. The Morgan fingerprint density at radius 3 is 2.71 bits per heavy atom. The van der Waals surface area contributed by atoms with E-state index in [4.69, 9.17) is 10.8 Å². The van der Waals surface area contributed by atoms with Crippen LogP contribution < -0.4 is 10.6 Å². The van der Waals surface area contributed by atoms with Crippen molar-refractivity contribution in [3.63, 3.8) is 0 Å². The van der Waals surface area contributed by atoms with Crippen molar-refractivity contribution in [3.8, 4) is 0 Å². The summed E-state index contributed by atoms with van der Waals surface area (Å²) >= 11 is 3.48. The van der Waals surface area contributed by atoms with Gasteiger partial charge in [-0.3, -0.25) is 0 Å². The maximum atomic E-state index is 9.15. The number of anilines is 1. The number of nitrogens with zero attached hydrogens (tertiary/aromatic N) is 1. The number of halogens is 1. The lowest BCUT2D eigenvalue weighted by Crippen LogP contribution is -2.29. The van der Waals surface area contributed by atoms with Gasteiger partial charge in [-0.05, 0) is 24.1 Å². The van der Waals surface area contributed by atoms with E-state index in [-0.39, 0.29) is 6.61 Å². The molecule has 1 aromatic rings. The van der Waals surface area contributed by atoms with Gasteiger partial charge < -0.3 is 15.7 Å². The summed E-state index contributed by atoms with van der Waals surface area (Å²) in [6.45, 7) is 4.47. The van der Waals surface area contributed by atoms with E-state index >= 15 is 0 Å². The molecule has 0 radical (unpaired) electrons. The lowest BCUT2D eigenvalue weighted by atomic mass is 10.1. The Balaban J connectivity index is 2.93. The van der Waals surface area contributed by atoms with Crippen molar-refractivity contribution in [1.82, 2.24) is 0 Å². The highest BCUT2D eigenvalue weighted by molar-refractivity contribution is 9.10. The van der Waals surface area contributed by atoms with Crippen molar-refractivity contribution in [3.05, 3.63) is 28.2 Å². The fourth-order valence-electron chi connectivity index (χ4n) is 1.83. The van der Waals surface area contributed by atoms with E-state index < -0.39 is 0 Å². The summed E-state index contributed by atoms with van der Waals surface area (Å²) < 4.78 is 1.05. The molecular formula is C13H21BrN2O. The Morgan fingerprint density at radius 2 is 2.12 bits per heavy atom. The van der Waals surface area contributed by atoms with E-state index in [1.807, 2.05) is 12.1 Å². The van der Waals surface area contributed by atoms with Crippen LogP contribution in [0.1, 0.15) is 25.3 Å². The molecule has 4 heteroatoms. The molecule has 0 heterocycles. The van der Waals surface area contributed by atoms with Crippen LogP contribution in [0.2, 0.25) is 0 Å². The van der Waals surface area contributed by atoms with E-state index in [2.05, 4.69) is 33.8 Å². The topological polar surface area (TPSA) is 49.5 Å². The number of unbranched alkanes of at least 4 members (excludes halogenated alkanes) is 1. The first-order valence-corrected chi connectivity index (χ1v) is 6.86. The van der Waals surface area contributed by atoms with Gasteiger partial charge >= 0.3 is 0 Å². The van der Waals surface area contributed by atoms with Crippen LogP contribution in [0.15, 0.2) is 22.7 Å². The molecule has 1 rings (SSSR count). The molecule has 0 atom stereocenters. The third-order valence-electron chi connectivity index (χ3n) is 2.76. The van der Waals surface area contributed by atoms with Crippen molar-refractivity contribution < 1.29 is 5.11 Å². The number of benzene rings is 1. The molecule has 3 N–H and O–H groups in total. The van der Waals surface area contributed by atoms with E-state index in [1.54, 1.807) is 0 Å². The van der Waals surface area contributed by atoms with Crippen LogP contribution in [-0.4, -0.2) is 24.8 Å². The molecule has 0 saturated carbocycles. The monoisotopic (exact) mass is 300 g/mol. The SMILES string of the molecule is CCCCN(CCO)c1cc(Br)ccc1CN. The highest BCUT2D eigenvalue weighted by Crippen LogP contribution is 2.25. The quantitative estimate of drug-likeness (QED) is 0.813. The van der Waals surface area contributed by atoms with Gasteiger partial charge in [0, 0.05) is 29.8 Å². The smallest absolute Gasteiger partial charge is 0.0606 e. The summed E-state index contributed by atoms with van der Waals surface area (Å²) in [5.74, 6) is 0. The van der Waals surface area contributed by atoms with Crippen LogP contribution >= 0.6 is 15.9 Å². The summed E-state index contributed by atoms with van der Waals surface area (Å²) in [4.78, 5) is 2.20. The molecule has 0 aromatic heterocycles. The molecule has 0 aliphatic heterocycles. The van der Waals surface area contributed by atoms with Gasteiger partial charge in [-0.15, -0.1) is 0 Å². The van der Waals surface area contributed by atoms with Gasteiger partial charge in [-0.1, -0.05) is 35.3 Å². The van der Waals surface area contributed by atoms with Crippen molar-refractivity contribution in [1.29, 1.82) is 0 Å². The highest BCUT2D eigenvalue weighted by Gasteiger charge is 2.10. The standard InChI is InChI=1S/C13H21BrN2O/c1-2-3-6-16(7-8-17)13-9-12(14)5-4-11(13)10-15/h4-5,9,17H,2-3,6-8,10,15H2,1H3. The molecule has 17 heavy (non-hydrogen) atoms. The largest absolute Gasteiger partial charge is 0.395 e. The molecule has 0 unspecified atom stereocenters. The lowest BCUT2D eigenvalue weighted by molar-refractivity contribution is 0.301. The Morgan fingerprint density at radius 1 is 1.35 bits per heavy atom. The first kappa shape index (κ1) is 14.5. The molecule has 0 amide bonds. The molecule has 1 aromatic carbocycles. The fourth-order valence-corrected chi connectivity index (χ4v) is 2.18. The number of hydrogen-bond acceptors (Lipinski definition) is 3. The molecule has 3 nitrogen and oxygen atoms in total. The zero-order valence-corrected chi connectivity index (χ0v) is 11.9. The van der Waals surface area contributed by atoms with Gasteiger partial charge in [-0.25, -0.2) is 0 Å². The molecule has 0 aliphatic carbocycles. The van der Waals surface area contributed by atoms with E-state index in [9.17, 15) is 0 Å². The highest BCUT2D eigenvalue weighted by atomic mass is 79.9. The number of aliphatic hydroxyl groups excluding tert-OH is 1. The van der Waals surface area contributed by atoms with Crippen molar-refractivity contribution >= 4 is 21.6 Å². The predicted molar refractivity (Wildman–Crippen MR) is 76.2 cm³/mol. The molecule has 96 valence electrons. The first-order chi connectivity index (χ1) is 8.22. The van der Waals surface area contributed by atoms with Crippen molar-refractivity contribution in [2.45, 2.75) is 26.3 Å². The minimum atomic E-state index is 0.167. The average molecular weight is 301 g/mol. The van der Waals surface area contributed by atoms with E-state index in [0.29, 0.717) is 13.1 Å². The van der Waals surface area contributed by atoms with Crippen LogP contribution in [0.25, 0.3) is 0 Å². The maximum absolute atomic E-state index is 9.15. The summed E-state index contributed by atoms with van der Waals surface area (Å²) in [5, 5.41) is 9.15. The van der Waals surface area contributed by atoms with Crippen LogP contribution in [0, 0.1) is 0 Å². The van der Waals surface area contributed by atoms with Crippen molar-refractivity contribution in [2.24, 2.45) is 5.73 Å². The second-order valence-electron chi connectivity index (χ2n) is 4.04. The minimum Gasteiger partial charge on any atom is -0.395 e. The van der Waals surface area contributed by atoms with E-state index in [1.165, 1.54) is 0 Å².